The summed E-state index contributed by atoms with van der Waals surface area (Å²) in [7, 11) is 0. The third kappa shape index (κ3) is 2.69. The molecule has 0 N–H and O–H groups in total. The Labute approximate surface area is 130 Å². The van der Waals surface area contributed by atoms with Crippen molar-refractivity contribution in [3.63, 3.8) is 0 Å². The summed E-state index contributed by atoms with van der Waals surface area (Å²) in [6.45, 7) is 3.95. The lowest BCUT2D eigenvalue weighted by atomic mass is 10.2. The van der Waals surface area contributed by atoms with Crippen LogP contribution in [-0.4, -0.2) is 19.7 Å². The molecule has 0 bridgehead atoms. The van der Waals surface area contributed by atoms with Crippen molar-refractivity contribution in [1.29, 1.82) is 0 Å². The Morgan fingerprint density at radius 1 is 1.33 bits per heavy atom. The quantitative estimate of drug-likeness (QED) is 0.735. The Morgan fingerprint density at radius 2 is 2.14 bits per heavy atom. The monoisotopic (exact) mass is 322 g/mol. The lowest BCUT2D eigenvalue weighted by molar-refractivity contribution is 0.586. The number of thiazole rings is 1. The van der Waals surface area contributed by atoms with E-state index in [2.05, 4.69) is 15.1 Å². The number of halogens is 2. The summed E-state index contributed by atoms with van der Waals surface area (Å²) in [5.41, 5.74) is 3.05. The van der Waals surface area contributed by atoms with Gasteiger partial charge in [-0.1, -0.05) is 17.7 Å². The maximum atomic E-state index is 13.9. The van der Waals surface area contributed by atoms with Crippen LogP contribution in [-0.2, 0) is 6.54 Å². The average molecular weight is 323 g/mol. The van der Waals surface area contributed by atoms with Gasteiger partial charge in [-0.25, -0.2) is 19.0 Å². The predicted octanol–water partition coefficient (Wildman–Crippen LogP) is 3.86. The predicted molar refractivity (Wildman–Crippen MR) is 81.1 cm³/mol. The highest BCUT2D eigenvalue weighted by Crippen LogP contribution is 2.27. The van der Waals surface area contributed by atoms with Gasteiger partial charge in [-0.3, -0.25) is 0 Å². The van der Waals surface area contributed by atoms with Crippen LogP contribution in [0.15, 0.2) is 23.7 Å². The SMILES string of the molecule is Cc1nc(-c2scnc2C)n(Cc2c(F)cccc2Cl)n1. The Bertz CT molecular complexity index is 776. The molecule has 3 rings (SSSR count). The van der Waals surface area contributed by atoms with Gasteiger partial charge < -0.3 is 0 Å². The first-order valence-electron chi connectivity index (χ1n) is 6.31. The lowest BCUT2D eigenvalue weighted by Crippen LogP contribution is -2.06. The first-order chi connectivity index (χ1) is 10.1. The molecule has 1 aromatic carbocycles. The summed E-state index contributed by atoms with van der Waals surface area (Å²) in [6, 6.07) is 4.64. The molecule has 7 heteroatoms. The van der Waals surface area contributed by atoms with Crippen molar-refractivity contribution in [2.24, 2.45) is 0 Å². The molecular formula is C14H12ClFN4S. The van der Waals surface area contributed by atoms with E-state index in [4.69, 9.17) is 11.6 Å². The van der Waals surface area contributed by atoms with Crippen LogP contribution in [0.4, 0.5) is 4.39 Å². The highest BCUT2D eigenvalue weighted by Gasteiger charge is 2.17. The molecule has 0 aliphatic rings. The highest BCUT2D eigenvalue weighted by atomic mass is 35.5. The molecule has 0 aliphatic carbocycles. The molecule has 21 heavy (non-hydrogen) atoms. The van der Waals surface area contributed by atoms with Crippen molar-refractivity contribution < 1.29 is 4.39 Å². The summed E-state index contributed by atoms with van der Waals surface area (Å²) in [6.07, 6.45) is 0. The molecule has 2 aromatic heterocycles. The smallest absolute Gasteiger partial charge is 0.170 e. The van der Waals surface area contributed by atoms with Crippen molar-refractivity contribution in [1.82, 2.24) is 19.7 Å². The zero-order valence-corrected chi connectivity index (χ0v) is 13.0. The Kier molecular flexibility index (Phi) is 3.73. The van der Waals surface area contributed by atoms with Crippen LogP contribution in [0.2, 0.25) is 5.02 Å². The van der Waals surface area contributed by atoms with E-state index in [0.29, 0.717) is 22.2 Å². The average Bonchev–Trinajstić information content (AvgIpc) is 3.00. The van der Waals surface area contributed by atoms with Crippen LogP contribution < -0.4 is 0 Å². The maximum absolute atomic E-state index is 13.9. The van der Waals surface area contributed by atoms with Crippen molar-refractivity contribution >= 4 is 22.9 Å². The van der Waals surface area contributed by atoms with Gasteiger partial charge in [0.15, 0.2) is 5.82 Å². The van der Waals surface area contributed by atoms with Gasteiger partial charge in [0.2, 0.25) is 0 Å². The first kappa shape index (κ1) is 14.2. The fourth-order valence-corrected chi connectivity index (χ4v) is 3.10. The molecule has 0 amide bonds. The van der Waals surface area contributed by atoms with Gasteiger partial charge in [0.05, 0.1) is 22.6 Å². The summed E-state index contributed by atoms with van der Waals surface area (Å²) >= 11 is 7.57. The van der Waals surface area contributed by atoms with E-state index < -0.39 is 0 Å². The summed E-state index contributed by atoms with van der Waals surface area (Å²) in [5, 5.41) is 4.73. The molecule has 0 radical (unpaired) electrons. The van der Waals surface area contributed by atoms with Crippen molar-refractivity contribution in [3.05, 3.63) is 51.6 Å². The second-order valence-electron chi connectivity index (χ2n) is 4.61. The van der Waals surface area contributed by atoms with Crippen LogP contribution in [0.3, 0.4) is 0 Å². The zero-order valence-electron chi connectivity index (χ0n) is 11.5. The van der Waals surface area contributed by atoms with Crippen LogP contribution in [0.5, 0.6) is 0 Å². The largest absolute Gasteiger partial charge is 0.249 e. The lowest BCUT2D eigenvalue weighted by Gasteiger charge is -2.08. The number of benzene rings is 1. The molecule has 0 aliphatic heterocycles. The molecule has 3 aromatic rings. The van der Waals surface area contributed by atoms with Gasteiger partial charge in [-0.2, -0.15) is 5.10 Å². The fourth-order valence-electron chi connectivity index (χ4n) is 2.08. The van der Waals surface area contributed by atoms with Gasteiger partial charge in [0, 0.05) is 10.6 Å². The molecular weight excluding hydrogens is 311 g/mol. The van der Waals surface area contributed by atoms with Crippen molar-refractivity contribution in [3.8, 4) is 10.7 Å². The molecule has 0 unspecified atom stereocenters. The van der Waals surface area contributed by atoms with Gasteiger partial charge in [0.25, 0.3) is 0 Å². The van der Waals surface area contributed by atoms with E-state index in [0.717, 1.165) is 10.6 Å². The van der Waals surface area contributed by atoms with Crippen LogP contribution in [0.1, 0.15) is 17.1 Å². The number of hydrogen-bond donors (Lipinski definition) is 0. The third-order valence-electron chi connectivity index (χ3n) is 3.10. The van der Waals surface area contributed by atoms with E-state index in [1.807, 2.05) is 6.92 Å². The minimum atomic E-state index is -0.345. The van der Waals surface area contributed by atoms with Gasteiger partial charge in [0.1, 0.15) is 11.6 Å². The number of rotatable bonds is 3. The second-order valence-corrected chi connectivity index (χ2v) is 5.87. The van der Waals surface area contributed by atoms with E-state index >= 15 is 0 Å². The van der Waals surface area contributed by atoms with Gasteiger partial charge in [-0.15, -0.1) is 11.3 Å². The first-order valence-corrected chi connectivity index (χ1v) is 7.57. The Hall–Kier alpha value is -1.79. The van der Waals surface area contributed by atoms with E-state index in [-0.39, 0.29) is 12.4 Å². The third-order valence-corrected chi connectivity index (χ3v) is 4.37. The fraction of sp³-hybridized carbons (Fsp3) is 0.214. The molecule has 4 nitrogen and oxygen atoms in total. The molecule has 2 heterocycles. The van der Waals surface area contributed by atoms with E-state index in [1.165, 1.54) is 17.4 Å². The van der Waals surface area contributed by atoms with Gasteiger partial charge in [-0.05, 0) is 26.0 Å². The molecule has 0 fully saturated rings. The zero-order chi connectivity index (χ0) is 15.0. The molecule has 0 spiro atoms. The normalized spacial score (nSPS) is 11.0. The number of aryl methyl sites for hydroxylation is 2. The maximum Gasteiger partial charge on any atom is 0.170 e. The van der Waals surface area contributed by atoms with Crippen molar-refractivity contribution in [2.45, 2.75) is 20.4 Å². The summed E-state index contributed by atoms with van der Waals surface area (Å²) in [5.74, 6) is 0.972. The number of aromatic nitrogens is 4. The minimum Gasteiger partial charge on any atom is -0.249 e. The Balaban J connectivity index is 2.06. The second kappa shape index (κ2) is 5.54. The molecule has 108 valence electrons. The number of nitrogens with zero attached hydrogens (tertiary/aromatic N) is 4. The Morgan fingerprint density at radius 3 is 2.81 bits per heavy atom. The minimum absolute atomic E-state index is 0.235. The number of hydrogen-bond acceptors (Lipinski definition) is 4. The van der Waals surface area contributed by atoms with Crippen LogP contribution in [0, 0.1) is 19.7 Å². The standard InChI is InChI=1S/C14H12ClFN4S/c1-8-13(21-7-17-8)14-18-9(2)19-20(14)6-10-11(15)4-3-5-12(10)16/h3-5,7H,6H2,1-2H3. The van der Waals surface area contributed by atoms with Crippen molar-refractivity contribution in [2.75, 3.05) is 0 Å². The van der Waals surface area contributed by atoms with Gasteiger partial charge >= 0.3 is 0 Å². The highest BCUT2D eigenvalue weighted by molar-refractivity contribution is 7.13. The van der Waals surface area contributed by atoms with E-state index in [1.54, 1.807) is 29.2 Å². The molecule has 0 atom stereocenters. The molecule has 0 saturated carbocycles. The summed E-state index contributed by atoms with van der Waals surface area (Å²) in [4.78, 5) is 9.58. The van der Waals surface area contributed by atoms with E-state index in [9.17, 15) is 4.39 Å². The van der Waals surface area contributed by atoms with Crippen LogP contribution >= 0.6 is 22.9 Å². The summed E-state index contributed by atoms with van der Waals surface area (Å²) < 4.78 is 15.6. The van der Waals surface area contributed by atoms with Crippen LogP contribution in [0.25, 0.3) is 10.7 Å². The topological polar surface area (TPSA) is 43.6 Å². The molecule has 0 saturated heterocycles.